The molecule has 0 aliphatic heterocycles. The quantitative estimate of drug-likeness (QED) is 0.642. The number of ether oxygens (including phenoxy) is 1. The number of hydrogen-bond donors (Lipinski definition) is 0. The Hall–Kier alpha value is -2.14. The highest BCUT2D eigenvalue weighted by Crippen LogP contribution is 2.20. The monoisotopic (exact) mass is 318 g/mol. The third-order valence-electron chi connectivity index (χ3n) is 3.15. The van der Waals surface area contributed by atoms with Crippen molar-refractivity contribution in [2.45, 2.75) is 19.6 Å². The van der Waals surface area contributed by atoms with E-state index in [-0.39, 0.29) is 5.75 Å². The van der Waals surface area contributed by atoms with Crippen molar-refractivity contribution in [3.63, 3.8) is 0 Å². The lowest BCUT2D eigenvalue weighted by atomic mass is 10.1. The van der Waals surface area contributed by atoms with E-state index in [0.717, 1.165) is 11.1 Å². The molecule has 116 valence electrons. The minimum absolute atomic E-state index is 0.0423. The lowest BCUT2D eigenvalue weighted by molar-refractivity contribution is 0.0733. The smallest absolute Gasteiger partial charge is 0.343 e. The van der Waals surface area contributed by atoms with Gasteiger partial charge in [0.1, 0.15) is 5.75 Å². The largest absolute Gasteiger partial charge is 0.423 e. The van der Waals surface area contributed by atoms with Gasteiger partial charge < -0.3 is 4.74 Å². The van der Waals surface area contributed by atoms with Gasteiger partial charge in [-0.3, -0.25) is 0 Å². The number of hydrogen-bond acceptors (Lipinski definition) is 4. The Morgan fingerprint density at radius 1 is 1.05 bits per heavy atom. The summed E-state index contributed by atoms with van der Waals surface area (Å²) in [6, 6.07) is 12.0. The van der Waals surface area contributed by atoms with E-state index in [2.05, 4.69) is 0 Å². The third-order valence-corrected chi connectivity index (χ3v) is 4.01. The topological polar surface area (TPSA) is 60.4 Å². The molecule has 22 heavy (non-hydrogen) atoms. The zero-order valence-electron chi connectivity index (χ0n) is 12.8. The zero-order valence-corrected chi connectivity index (χ0v) is 13.6. The van der Waals surface area contributed by atoms with E-state index in [1.807, 2.05) is 26.0 Å². The Bertz CT molecular complexity index is 790. The van der Waals surface area contributed by atoms with Crippen LogP contribution >= 0.6 is 0 Å². The van der Waals surface area contributed by atoms with Gasteiger partial charge in [0.15, 0.2) is 9.84 Å². The second-order valence-corrected chi connectivity index (χ2v) is 7.57. The molecule has 0 saturated carbocycles. The number of carbonyl (C=O) groups excluding carboxylic acids is 1. The fourth-order valence-electron chi connectivity index (χ4n) is 2.11. The summed E-state index contributed by atoms with van der Waals surface area (Å²) in [5.41, 5.74) is 3.02. The molecule has 0 aliphatic rings. The van der Waals surface area contributed by atoms with Crippen LogP contribution in [0.3, 0.4) is 0 Å². The number of carbonyl (C=O) groups is 1. The highest BCUT2D eigenvalue weighted by molar-refractivity contribution is 7.89. The highest BCUT2D eigenvalue weighted by atomic mass is 32.2. The molecule has 2 aromatic carbocycles. The summed E-state index contributed by atoms with van der Waals surface area (Å²) in [5.74, 6) is 0.0213. The first kappa shape index (κ1) is 16.2. The van der Waals surface area contributed by atoms with E-state index in [9.17, 15) is 13.2 Å². The predicted molar refractivity (Wildman–Crippen MR) is 85.9 cm³/mol. The predicted octanol–water partition coefficient (Wildman–Crippen LogP) is 3.07. The normalized spacial score (nSPS) is 11.2. The molecule has 2 aromatic rings. The molecule has 5 heteroatoms. The number of esters is 1. The average molecular weight is 318 g/mol. The molecule has 0 heterocycles. The molecule has 0 atom stereocenters. The summed E-state index contributed by atoms with van der Waals surface area (Å²) >= 11 is 0. The van der Waals surface area contributed by atoms with Gasteiger partial charge in [-0.05, 0) is 43.2 Å². The molecular weight excluding hydrogens is 300 g/mol. The number of sulfone groups is 1. The Morgan fingerprint density at radius 3 is 2.23 bits per heavy atom. The summed E-state index contributed by atoms with van der Waals surface area (Å²) in [5, 5.41) is 0. The third kappa shape index (κ3) is 4.43. The van der Waals surface area contributed by atoms with Crippen LogP contribution in [0.4, 0.5) is 0 Å². The van der Waals surface area contributed by atoms with Gasteiger partial charge in [0.2, 0.25) is 0 Å². The van der Waals surface area contributed by atoms with E-state index >= 15 is 0 Å². The number of benzene rings is 2. The van der Waals surface area contributed by atoms with Crippen molar-refractivity contribution in [1.29, 1.82) is 0 Å². The molecule has 0 aromatic heterocycles. The lowest BCUT2D eigenvalue weighted by Gasteiger charge is -2.08. The van der Waals surface area contributed by atoms with Gasteiger partial charge in [0.05, 0.1) is 11.3 Å². The average Bonchev–Trinajstić information content (AvgIpc) is 2.41. The van der Waals surface area contributed by atoms with Gasteiger partial charge >= 0.3 is 5.97 Å². The van der Waals surface area contributed by atoms with E-state index in [4.69, 9.17) is 4.74 Å². The van der Waals surface area contributed by atoms with E-state index in [0.29, 0.717) is 16.9 Å². The standard InChI is InChI=1S/C17H18O4S/c1-12-4-9-16(13(2)10-12)21-17(18)15-7-5-14(6-8-15)11-22(3,19)20/h4-10H,11H2,1-3H3. The molecule has 0 saturated heterocycles. The highest BCUT2D eigenvalue weighted by Gasteiger charge is 2.11. The minimum atomic E-state index is -3.08. The number of aryl methyl sites for hydroxylation is 2. The summed E-state index contributed by atoms with van der Waals surface area (Å²) in [4.78, 5) is 12.1. The molecule has 0 N–H and O–H groups in total. The van der Waals surface area contributed by atoms with E-state index in [1.165, 1.54) is 6.26 Å². The van der Waals surface area contributed by atoms with Crippen LogP contribution in [0, 0.1) is 13.8 Å². The molecule has 0 amide bonds. The molecule has 0 spiro atoms. The van der Waals surface area contributed by atoms with Crippen LogP contribution in [-0.4, -0.2) is 20.6 Å². The van der Waals surface area contributed by atoms with Crippen molar-refractivity contribution in [3.8, 4) is 5.75 Å². The SMILES string of the molecule is Cc1ccc(OC(=O)c2ccc(CS(C)(=O)=O)cc2)c(C)c1. The van der Waals surface area contributed by atoms with Crippen LogP contribution in [0.1, 0.15) is 27.0 Å². The second-order valence-electron chi connectivity index (χ2n) is 5.43. The first-order valence-electron chi connectivity index (χ1n) is 6.81. The van der Waals surface area contributed by atoms with Crippen LogP contribution in [0.2, 0.25) is 0 Å². The van der Waals surface area contributed by atoms with Crippen LogP contribution < -0.4 is 4.74 Å². The van der Waals surface area contributed by atoms with Gasteiger partial charge in [-0.25, -0.2) is 13.2 Å². The fraction of sp³-hybridized carbons (Fsp3) is 0.235. The Labute approximate surface area is 130 Å². The van der Waals surface area contributed by atoms with E-state index < -0.39 is 15.8 Å². The molecule has 0 bridgehead atoms. The Balaban J connectivity index is 2.13. The van der Waals surface area contributed by atoms with Crippen molar-refractivity contribution in [3.05, 3.63) is 64.7 Å². The summed E-state index contributed by atoms with van der Waals surface area (Å²) in [6.07, 6.45) is 1.18. The fourth-order valence-corrected chi connectivity index (χ4v) is 2.91. The van der Waals surface area contributed by atoms with Gasteiger partial charge in [-0.1, -0.05) is 29.8 Å². The Morgan fingerprint density at radius 2 is 1.68 bits per heavy atom. The van der Waals surface area contributed by atoms with Gasteiger partial charge in [0.25, 0.3) is 0 Å². The van der Waals surface area contributed by atoms with Crippen LogP contribution in [0.15, 0.2) is 42.5 Å². The van der Waals surface area contributed by atoms with Gasteiger partial charge in [0, 0.05) is 6.26 Å². The number of rotatable bonds is 4. The maximum atomic E-state index is 12.1. The van der Waals surface area contributed by atoms with Gasteiger partial charge in [-0.2, -0.15) is 0 Å². The summed E-state index contributed by atoms with van der Waals surface area (Å²) < 4.78 is 27.8. The zero-order chi connectivity index (χ0) is 16.3. The lowest BCUT2D eigenvalue weighted by Crippen LogP contribution is -2.09. The van der Waals surface area contributed by atoms with Gasteiger partial charge in [-0.15, -0.1) is 0 Å². The van der Waals surface area contributed by atoms with E-state index in [1.54, 1.807) is 30.3 Å². The maximum absolute atomic E-state index is 12.1. The minimum Gasteiger partial charge on any atom is -0.423 e. The molecular formula is C17H18O4S. The second kappa shape index (κ2) is 6.32. The Kier molecular flexibility index (Phi) is 4.66. The first-order chi connectivity index (χ1) is 10.2. The summed E-state index contributed by atoms with van der Waals surface area (Å²) in [6.45, 7) is 3.85. The molecule has 2 rings (SSSR count). The molecule has 0 radical (unpaired) electrons. The van der Waals surface area contributed by atoms with Crippen molar-refractivity contribution < 1.29 is 17.9 Å². The molecule has 4 nitrogen and oxygen atoms in total. The van der Waals surface area contributed by atoms with Crippen LogP contribution in [0.5, 0.6) is 5.75 Å². The van der Waals surface area contributed by atoms with Crippen molar-refractivity contribution in [1.82, 2.24) is 0 Å². The molecule has 0 unspecified atom stereocenters. The van der Waals surface area contributed by atoms with Crippen LogP contribution in [-0.2, 0) is 15.6 Å². The van der Waals surface area contributed by atoms with Crippen molar-refractivity contribution in [2.75, 3.05) is 6.26 Å². The molecule has 0 aliphatic carbocycles. The first-order valence-corrected chi connectivity index (χ1v) is 8.87. The molecule has 0 fully saturated rings. The maximum Gasteiger partial charge on any atom is 0.343 e. The van der Waals surface area contributed by atoms with Crippen molar-refractivity contribution >= 4 is 15.8 Å². The van der Waals surface area contributed by atoms with Crippen LogP contribution in [0.25, 0.3) is 0 Å². The van der Waals surface area contributed by atoms with Crippen molar-refractivity contribution in [2.24, 2.45) is 0 Å². The summed E-state index contributed by atoms with van der Waals surface area (Å²) in [7, 11) is -3.08.